The number of aromatic nitrogens is 4. The van der Waals surface area contributed by atoms with Crippen LogP contribution in [0.5, 0.6) is 0 Å². The third kappa shape index (κ3) is 6.28. The normalized spacial score (nSPS) is 16.3. The van der Waals surface area contributed by atoms with E-state index in [2.05, 4.69) is 20.2 Å². The summed E-state index contributed by atoms with van der Waals surface area (Å²) in [4.78, 5) is 35.0. The van der Waals surface area contributed by atoms with Gasteiger partial charge in [0.2, 0.25) is 0 Å². The minimum atomic E-state index is -4.63. The Morgan fingerprint density at radius 1 is 0.936 bits per heavy atom. The lowest BCUT2D eigenvalue weighted by atomic mass is 9.73. The number of carbonyl (C=O) groups is 2. The molecule has 2 aliphatic carbocycles. The molecule has 0 amide bonds. The summed E-state index contributed by atoms with van der Waals surface area (Å²) in [6, 6.07) is 19.2. The lowest BCUT2D eigenvalue weighted by molar-refractivity contribution is -0.137. The van der Waals surface area contributed by atoms with Gasteiger partial charge in [-0.05, 0) is 56.3 Å². The van der Waals surface area contributed by atoms with Crippen molar-refractivity contribution < 1.29 is 27.2 Å². The monoisotopic (exact) mass is 653 g/mol. The smallest absolute Gasteiger partial charge is 0.298 e. The summed E-state index contributed by atoms with van der Waals surface area (Å²) >= 11 is 6.24. The predicted molar refractivity (Wildman–Crippen MR) is 162 cm³/mol. The molecule has 232 valence electrons. The first kappa shape index (κ1) is 31.4. The molecule has 0 saturated heterocycles. The molecule has 2 aromatic heterocycles. The molecular formula is C35H20ClF4N5O2. The molecule has 0 bridgehead atoms. The number of benzene rings is 3. The second-order valence-electron chi connectivity index (χ2n) is 10.7. The fourth-order valence-electron chi connectivity index (χ4n) is 5.75. The second kappa shape index (κ2) is 12.7. The second-order valence-corrected chi connectivity index (χ2v) is 11.1. The Hall–Kier alpha value is -5.60. The summed E-state index contributed by atoms with van der Waals surface area (Å²) in [5, 5.41) is 17.6. The van der Waals surface area contributed by atoms with Gasteiger partial charge in [0.15, 0.2) is 17.3 Å². The molecule has 0 radical (unpaired) electrons. The standard InChI is InChI=1S/C31H18ClF4NO2.C4H2N4/c32-25-13-19(31(34,35)36)15-37-26(25)14-24-28-18(11-23(30(24)39)16-5-8-20(33)9-6-16)7-10-22-21-4-2-1-3-17(21)12-27(38)29(22)28;5-1-4-2-6-3-7-8-4/h1-13,15,23-24H,14H2;2-3H. The Labute approximate surface area is 268 Å². The fraction of sp³-hybridized carbons (Fsp3) is 0.114. The maximum atomic E-state index is 14.1. The van der Waals surface area contributed by atoms with Gasteiger partial charge in [-0.1, -0.05) is 66.2 Å². The van der Waals surface area contributed by atoms with Crippen LogP contribution in [0.25, 0.3) is 12.2 Å². The van der Waals surface area contributed by atoms with Gasteiger partial charge >= 0.3 is 6.18 Å². The molecule has 0 spiro atoms. The Morgan fingerprint density at radius 2 is 1.70 bits per heavy atom. The molecule has 2 aliphatic rings. The zero-order valence-electron chi connectivity index (χ0n) is 24.0. The molecule has 0 saturated carbocycles. The van der Waals surface area contributed by atoms with Gasteiger partial charge in [-0.25, -0.2) is 9.37 Å². The molecular weight excluding hydrogens is 634 g/mol. The number of fused-ring (bicyclic) bond motifs is 4. The van der Waals surface area contributed by atoms with Crippen LogP contribution < -0.4 is 10.4 Å². The number of rotatable bonds is 3. The van der Waals surface area contributed by atoms with Crippen molar-refractivity contribution in [2.45, 2.75) is 24.4 Å². The van der Waals surface area contributed by atoms with Crippen LogP contribution in [0.1, 0.15) is 50.3 Å². The molecule has 12 heteroatoms. The summed E-state index contributed by atoms with van der Waals surface area (Å²) in [6.45, 7) is 0. The summed E-state index contributed by atoms with van der Waals surface area (Å²) in [7, 11) is 0. The average Bonchev–Trinajstić information content (AvgIpc) is 3.07. The maximum Gasteiger partial charge on any atom is 0.417 e. The van der Waals surface area contributed by atoms with Crippen LogP contribution in [0.2, 0.25) is 5.02 Å². The number of carbonyl (C=O) groups excluding carboxylic acids is 2. The van der Waals surface area contributed by atoms with E-state index in [-0.39, 0.29) is 34.4 Å². The predicted octanol–water partition coefficient (Wildman–Crippen LogP) is 5.37. The molecule has 2 heterocycles. The Balaban J connectivity index is 0.000000424. The first-order valence-electron chi connectivity index (χ1n) is 14.1. The summed E-state index contributed by atoms with van der Waals surface area (Å²) < 4.78 is 53.3. The van der Waals surface area contributed by atoms with Crippen LogP contribution in [0.4, 0.5) is 17.6 Å². The van der Waals surface area contributed by atoms with E-state index in [0.717, 1.165) is 16.5 Å². The fourth-order valence-corrected chi connectivity index (χ4v) is 5.99. The van der Waals surface area contributed by atoms with Gasteiger partial charge in [-0.3, -0.25) is 14.6 Å². The number of Topliss-reactive ketones (excluding diaryl/α,β-unsaturated/α-hetero) is 2. The van der Waals surface area contributed by atoms with E-state index in [1.165, 1.54) is 42.9 Å². The number of hydrogen-bond donors (Lipinski definition) is 0. The van der Waals surface area contributed by atoms with Crippen molar-refractivity contribution in [1.29, 1.82) is 5.26 Å². The molecule has 47 heavy (non-hydrogen) atoms. The van der Waals surface area contributed by atoms with E-state index in [9.17, 15) is 27.2 Å². The number of nitrogens with zero attached hydrogens (tertiary/aromatic N) is 5. The lowest BCUT2D eigenvalue weighted by Crippen LogP contribution is -2.35. The van der Waals surface area contributed by atoms with Gasteiger partial charge in [-0.2, -0.15) is 18.4 Å². The molecule has 7 rings (SSSR count). The van der Waals surface area contributed by atoms with E-state index < -0.39 is 29.4 Å². The number of pyridine rings is 1. The van der Waals surface area contributed by atoms with Crippen molar-refractivity contribution in [3.8, 4) is 6.07 Å². The van der Waals surface area contributed by atoms with E-state index >= 15 is 0 Å². The molecule has 0 aliphatic heterocycles. The Morgan fingerprint density at radius 3 is 2.36 bits per heavy atom. The van der Waals surface area contributed by atoms with Crippen molar-refractivity contribution in [2.24, 2.45) is 0 Å². The minimum absolute atomic E-state index is 0.110. The largest absolute Gasteiger partial charge is 0.417 e. The van der Waals surface area contributed by atoms with Crippen LogP contribution in [0, 0.1) is 27.6 Å². The first-order chi connectivity index (χ1) is 22.5. The molecule has 2 unspecified atom stereocenters. The highest BCUT2D eigenvalue weighted by Gasteiger charge is 2.37. The molecule has 7 nitrogen and oxygen atoms in total. The quantitative estimate of drug-likeness (QED) is 0.241. The van der Waals surface area contributed by atoms with Gasteiger partial charge in [0.25, 0.3) is 0 Å². The van der Waals surface area contributed by atoms with Gasteiger partial charge in [0.1, 0.15) is 18.2 Å². The third-order valence-corrected chi connectivity index (χ3v) is 8.20. The third-order valence-electron chi connectivity index (χ3n) is 7.87. The van der Waals surface area contributed by atoms with Gasteiger partial charge < -0.3 is 0 Å². The van der Waals surface area contributed by atoms with Crippen LogP contribution in [0.15, 0.2) is 85.5 Å². The highest BCUT2D eigenvalue weighted by atomic mass is 35.5. The number of halogens is 5. The minimum Gasteiger partial charge on any atom is -0.298 e. The highest BCUT2D eigenvalue weighted by Crippen LogP contribution is 2.37. The Kier molecular flexibility index (Phi) is 8.45. The molecule has 3 aromatic carbocycles. The number of ketones is 2. The van der Waals surface area contributed by atoms with E-state index in [4.69, 9.17) is 16.9 Å². The van der Waals surface area contributed by atoms with Crippen LogP contribution in [-0.4, -0.2) is 31.7 Å². The van der Waals surface area contributed by atoms with Crippen molar-refractivity contribution in [3.63, 3.8) is 0 Å². The zero-order valence-corrected chi connectivity index (χ0v) is 24.8. The first-order valence-corrected chi connectivity index (χ1v) is 14.5. The summed E-state index contributed by atoms with van der Waals surface area (Å²) in [5.74, 6) is -2.69. The van der Waals surface area contributed by atoms with E-state index in [0.29, 0.717) is 33.3 Å². The van der Waals surface area contributed by atoms with Gasteiger partial charge in [0.05, 0.1) is 34.3 Å². The Bertz CT molecular complexity index is 2310. The highest BCUT2D eigenvalue weighted by molar-refractivity contribution is 6.31. The topological polar surface area (TPSA) is 109 Å². The number of hydrogen-bond acceptors (Lipinski definition) is 7. The average molecular weight is 654 g/mol. The van der Waals surface area contributed by atoms with Crippen LogP contribution >= 0.6 is 11.6 Å². The van der Waals surface area contributed by atoms with Crippen molar-refractivity contribution in [2.75, 3.05) is 0 Å². The van der Waals surface area contributed by atoms with Crippen molar-refractivity contribution >= 4 is 35.3 Å². The lowest BCUT2D eigenvalue weighted by Gasteiger charge is -2.28. The van der Waals surface area contributed by atoms with Gasteiger partial charge in [0, 0.05) is 18.2 Å². The van der Waals surface area contributed by atoms with Crippen LogP contribution in [-0.2, 0) is 17.4 Å². The van der Waals surface area contributed by atoms with Crippen molar-refractivity contribution in [3.05, 3.63) is 151 Å². The molecule has 5 aromatic rings. The zero-order chi connectivity index (χ0) is 33.3. The summed E-state index contributed by atoms with van der Waals surface area (Å²) in [6.07, 6.45) is 1.86. The molecule has 0 N–H and O–H groups in total. The maximum absolute atomic E-state index is 14.1. The molecule has 2 atom stereocenters. The SMILES string of the molecule is N#Cc1cncnn1.O=C1C=c2ccccc2=c2ccc3c(c21)C(Cc1ncc(C(F)(F)F)cc1Cl)C(=O)C(c1ccc(F)cc1)C=3. The van der Waals surface area contributed by atoms with Gasteiger partial charge in [-0.15, -0.1) is 10.2 Å². The van der Waals surface area contributed by atoms with E-state index in [1.54, 1.807) is 12.1 Å². The number of nitriles is 1. The van der Waals surface area contributed by atoms with Crippen molar-refractivity contribution in [1.82, 2.24) is 20.2 Å². The molecule has 0 fully saturated rings. The summed E-state index contributed by atoms with van der Waals surface area (Å²) in [5.41, 5.74) is 0.782. The number of alkyl halides is 3. The van der Waals surface area contributed by atoms with Crippen LogP contribution in [0.3, 0.4) is 0 Å². The van der Waals surface area contributed by atoms with E-state index in [1.807, 2.05) is 36.4 Å².